The maximum absolute atomic E-state index is 11.9. The molecular weight excluding hydrogens is 277 g/mol. The van der Waals surface area contributed by atoms with E-state index in [2.05, 4.69) is 0 Å². The average Bonchev–Trinajstić information content (AvgIpc) is 1.58. The summed E-state index contributed by atoms with van der Waals surface area (Å²) in [6, 6.07) is 0. The molecule has 0 saturated carbocycles. The van der Waals surface area contributed by atoms with E-state index in [1.54, 1.807) is 0 Å². The van der Waals surface area contributed by atoms with E-state index in [1.165, 1.54) is 0 Å². The molecule has 0 aromatic rings. The summed E-state index contributed by atoms with van der Waals surface area (Å²) >= 11 is 0. The van der Waals surface area contributed by atoms with E-state index in [0.29, 0.717) is 0 Å². The van der Waals surface area contributed by atoms with Gasteiger partial charge in [-0.25, -0.2) is 0 Å². The molecular formula is CH7F2Na3O6P2. The minimum absolute atomic E-state index is 0. The quantitative estimate of drug-likeness (QED) is 0.296. The fourth-order valence-corrected chi connectivity index (χ4v) is 1.53. The summed E-state index contributed by atoms with van der Waals surface area (Å²) in [6.45, 7) is 0. The van der Waals surface area contributed by atoms with Crippen LogP contribution < -0.4 is 88.7 Å². The zero-order valence-electron chi connectivity index (χ0n) is 10.8. The SMILES string of the molecule is O=P(O)(O)C(F)(F)P(=O)(O)O.[H-].[H-].[H-].[Na+].[Na+].[Na+]. The van der Waals surface area contributed by atoms with Gasteiger partial charge in [-0.15, -0.1) is 0 Å². The van der Waals surface area contributed by atoms with Crippen molar-refractivity contribution >= 4 is 15.2 Å². The van der Waals surface area contributed by atoms with Gasteiger partial charge >= 0.3 is 109 Å². The second-order valence-electron chi connectivity index (χ2n) is 1.60. The monoisotopic (exact) mass is 284 g/mol. The van der Waals surface area contributed by atoms with Crippen LogP contribution in [0.15, 0.2) is 0 Å². The molecule has 0 atom stereocenters. The third-order valence-corrected chi connectivity index (χ3v) is 3.67. The van der Waals surface area contributed by atoms with Crippen LogP contribution >= 0.6 is 15.2 Å². The molecule has 0 rings (SSSR count). The largest absolute Gasteiger partial charge is 1.00 e. The summed E-state index contributed by atoms with van der Waals surface area (Å²) in [7, 11) is -12.2. The molecule has 0 aromatic heterocycles. The Balaban J connectivity index is -0.0000000333. The van der Waals surface area contributed by atoms with E-state index in [4.69, 9.17) is 19.6 Å². The minimum Gasteiger partial charge on any atom is -1.00 e. The first-order valence-electron chi connectivity index (χ1n) is 1.99. The molecule has 6 nitrogen and oxygen atoms in total. The maximum atomic E-state index is 11.9. The zero-order chi connectivity index (χ0) is 9.50. The Morgan fingerprint density at radius 1 is 0.857 bits per heavy atom. The Hall–Kier alpha value is 3.16. The molecule has 0 bridgehead atoms. The van der Waals surface area contributed by atoms with Crippen LogP contribution in [0.3, 0.4) is 0 Å². The molecule has 0 aliphatic rings. The summed E-state index contributed by atoms with van der Waals surface area (Å²) in [5.74, 6) is 0. The molecule has 0 aromatic carbocycles. The second-order valence-corrected chi connectivity index (χ2v) is 5.25. The Morgan fingerprint density at radius 2 is 1.00 bits per heavy atom. The fourth-order valence-electron chi connectivity index (χ4n) is 0.170. The van der Waals surface area contributed by atoms with Gasteiger partial charge in [0, 0.05) is 0 Å². The van der Waals surface area contributed by atoms with Crippen LogP contribution in [0.4, 0.5) is 8.78 Å². The number of halogens is 2. The van der Waals surface area contributed by atoms with Crippen molar-refractivity contribution in [3.63, 3.8) is 0 Å². The van der Waals surface area contributed by atoms with Crippen molar-refractivity contribution in [1.29, 1.82) is 0 Å². The van der Waals surface area contributed by atoms with Crippen LogP contribution in [0, 0.1) is 0 Å². The Labute approximate surface area is 149 Å². The molecule has 74 valence electrons. The molecule has 0 saturated heterocycles. The van der Waals surface area contributed by atoms with Crippen LogP contribution in [-0.2, 0) is 9.13 Å². The molecule has 4 N–H and O–H groups in total. The van der Waals surface area contributed by atoms with Gasteiger partial charge in [-0.1, -0.05) is 0 Å². The van der Waals surface area contributed by atoms with Crippen molar-refractivity contribution in [3.8, 4) is 0 Å². The smallest absolute Gasteiger partial charge is 1.00 e. The van der Waals surface area contributed by atoms with Gasteiger partial charge in [-0.05, 0) is 0 Å². The summed E-state index contributed by atoms with van der Waals surface area (Å²) < 4.78 is 43.3. The van der Waals surface area contributed by atoms with E-state index in [9.17, 15) is 17.9 Å². The van der Waals surface area contributed by atoms with Crippen LogP contribution in [0.5, 0.6) is 0 Å². The predicted octanol–water partition coefficient (Wildman–Crippen LogP) is -8.76. The topological polar surface area (TPSA) is 115 Å². The second kappa shape index (κ2) is 8.29. The van der Waals surface area contributed by atoms with Crippen molar-refractivity contribution in [3.05, 3.63) is 0 Å². The Bertz CT molecular complexity index is 233. The first-order chi connectivity index (χ1) is 4.50. The molecule has 0 amide bonds. The number of rotatable bonds is 2. The molecule has 0 unspecified atom stereocenters. The maximum Gasteiger partial charge on any atom is 1.00 e. The van der Waals surface area contributed by atoms with Crippen molar-refractivity contribution in [2.45, 2.75) is 5.40 Å². The van der Waals surface area contributed by atoms with E-state index in [-0.39, 0.29) is 93.0 Å². The average molecular weight is 284 g/mol. The zero-order valence-corrected chi connectivity index (χ0v) is 15.5. The molecule has 13 heteroatoms. The first kappa shape index (κ1) is 25.9. The van der Waals surface area contributed by atoms with Gasteiger partial charge < -0.3 is 23.9 Å². The molecule has 0 aliphatic carbocycles. The van der Waals surface area contributed by atoms with E-state index < -0.39 is 20.6 Å². The molecule has 0 heterocycles. The van der Waals surface area contributed by atoms with Crippen molar-refractivity contribution in [2.75, 3.05) is 0 Å². The third-order valence-electron chi connectivity index (χ3n) is 0.701. The summed E-state index contributed by atoms with van der Waals surface area (Å²) in [5, 5.41) is -5.29. The van der Waals surface area contributed by atoms with Gasteiger partial charge in [0.2, 0.25) is 0 Å². The van der Waals surface area contributed by atoms with Gasteiger partial charge in [0.15, 0.2) is 0 Å². The minimum atomic E-state index is -6.09. The molecule has 0 spiro atoms. The fraction of sp³-hybridized carbons (Fsp3) is 1.00. The van der Waals surface area contributed by atoms with E-state index in [1.807, 2.05) is 0 Å². The van der Waals surface area contributed by atoms with Crippen molar-refractivity contribution < 1.29 is 130 Å². The van der Waals surface area contributed by atoms with Crippen LogP contribution in [-0.4, -0.2) is 25.0 Å². The summed E-state index contributed by atoms with van der Waals surface area (Å²) in [6.07, 6.45) is 0. The normalized spacial score (nSPS) is 11.9. The van der Waals surface area contributed by atoms with E-state index in [0.717, 1.165) is 0 Å². The number of hydrogen-bond donors (Lipinski definition) is 4. The summed E-state index contributed by atoms with van der Waals surface area (Å²) in [4.78, 5) is 31.0. The van der Waals surface area contributed by atoms with Crippen LogP contribution in [0.2, 0.25) is 0 Å². The number of hydrogen-bond acceptors (Lipinski definition) is 2. The molecule has 0 aliphatic heterocycles. The van der Waals surface area contributed by atoms with Crippen molar-refractivity contribution in [2.24, 2.45) is 0 Å². The molecule has 14 heavy (non-hydrogen) atoms. The Kier molecular flexibility index (Phi) is 15.3. The van der Waals surface area contributed by atoms with Gasteiger partial charge in [0.25, 0.3) is 0 Å². The Morgan fingerprint density at radius 3 is 1.00 bits per heavy atom. The van der Waals surface area contributed by atoms with Gasteiger partial charge in [0.1, 0.15) is 0 Å². The van der Waals surface area contributed by atoms with Crippen molar-refractivity contribution in [1.82, 2.24) is 0 Å². The molecule has 0 radical (unpaired) electrons. The van der Waals surface area contributed by atoms with Gasteiger partial charge in [0.05, 0.1) is 0 Å². The van der Waals surface area contributed by atoms with E-state index >= 15 is 0 Å². The number of alkyl halides is 2. The van der Waals surface area contributed by atoms with Crippen LogP contribution in [0.1, 0.15) is 4.28 Å². The third kappa shape index (κ3) is 6.79. The van der Waals surface area contributed by atoms with Gasteiger partial charge in [-0.2, -0.15) is 8.78 Å². The van der Waals surface area contributed by atoms with Gasteiger partial charge in [-0.3, -0.25) is 9.13 Å². The predicted molar refractivity (Wildman–Crippen MR) is 32.4 cm³/mol. The standard InChI is InChI=1S/CH4F2O6P2.3Na.3H/c2-1(3,10(4,5)6)11(7,8)9;;;;;;/h(H2,4,5,6)(H2,7,8,9);;;;;;/q;3*+1;3*-1. The van der Waals surface area contributed by atoms with Crippen LogP contribution in [0.25, 0.3) is 0 Å². The summed E-state index contributed by atoms with van der Waals surface area (Å²) in [5.41, 5.74) is 0. The molecule has 0 fully saturated rings. The first-order valence-corrected chi connectivity index (χ1v) is 5.22.